The van der Waals surface area contributed by atoms with E-state index in [2.05, 4.69) is 32.9 Å². The normalized spacial score (nSPS) is 23.6. The van der Waals surface area contributed by atoms with Gasteiger partial charge in [-0.2, -0.15) is 0 Å². The number of rotatable bonds is 6. The highest BCUT2D eigenvalue weighted by Gasteiger charge is 2.58. The van der Waals surface area contributed by atoms with Gasteiger partial charge in [0, 0.05) is 42.4 Å². The Morgan fingerprint density at radius 3 is 2.33 bits per heavy atom. The molecular formula is C34H34O6. The second-order valence-corrected chi connectivity index (χ2v) is 11.5. The summed E-state index contributed by atoms with van der Waals surface area (Å²) in [5.41, 5.74) is 4.64. The zero-order valence-corrected chi connectivity index (χ0v) is 23.8. The van der Waals surface area contributed by atoms with Crippen molar-refractivity contribution in [2.45, 2.75) is 51.4 Å². The van der Waals surface area contributed by atoms with Crippen LogP contribution in [-0.4, -0.2) is 38.7 Å². The van der Waals surface area contributed by atoms with Gasteiger partial charge in [0.15, 0.2) is 5.78 Å². The molecule has 4 aliphatic carbocycles. The van der Waals surface area contributed by atoms with Crippen LogP contribution in [0.4, 0.5) is 0 Å². The Bertz CT molecular complexity index is 1570. The van der Waals surface area contributed by atoms with E-state index >= 15 is 0 Å². The number of benzene rings is 2. The van der Waals surface area contributed by atoms with Crippen LogP contribution in [0.1, 0.15) is 60.7 Å². The maximum Gasteiger partial charge on any atom is 0.216 e. The summed E-state index contributed by atoms with van der Waals surface area (Å²) in [4.78, 5) is 27.9. The molecule has 0 saturated carbocycles. The lowest BCUT2D eigenvalue weighted by molar-refractivity contribution is -0.141. The van der Waals surface area contributed by atoms with Crippen LogP contribution in [0.3, 0.4) is 0 Å². The summed E-state index contributed by atoms with van der Waals surface area (Å²) in [7, 11) is 4.70. The first-order valence-electron chi connectivity index (χ1n) is 13.6. The average molecular weight is 539 g/mol. The van der Waals surface area contributed by atoms with Gasteiger partial charge in [0.1, 0.15) is 18.1 Å². The van der Waals surface area contributed by atoms with Gasteiger partial charge in [-0.15, -0.1) is 0 Å². The highest BCUT2D eigenvalue weighted by molar-refractivity contribution is 6.36. The molecule has 0 aromatic heterocycles. The third kappa shape index (κ3) is 3.36. The predicted molar refractivity (Wildman–Crippen MR) is 152 cm³/mol. The molecule has 1 unspecified atom stereocenters. The van der Waals surface area contributed by atoms with Gasteiger partial charge in [-0.05, 0) is 48.5 Å². The van der Waals surface area contributed by atoms with Gasteiger partial charge in [-0.1, -0.05) is 61.9 Å². The molecule has 0 heterocycles. The maximum atomic E-state index is 14.5. The van der Waals surface area contributed by atoms with Crippen LogP contribution in [0.15, 0.2) is 77.4 Å². The van der Waals surface area contributed by atoms with Crippen molar-refractivity contribution in [3.63, 3.8) is 0 Å². The Morgan fingerprint density at radius 1 is 0.950 bits per heavy atom. The Morgan fingerprint density at radius 2 is 1.68 bits per heavy atom. The molecule has 4 aliphatic rings. The molecule has 0 bridgehead atoms. The number of ether oxygens (including phenoxy) is 4. The number of carbonyl (C=O) groups is 2. The van der Waals surface area contributed by atoms with E-state index in [1.165, 1.54) is 25.9 Å². The maximum absolute atomic E-state index is 14.5. The minimum Gasteiger partial charge on any atom is -0.496 e. The van der Waals surface area contributed by atoms with Crippen molar-refractivity contribution in [2.75, 3.05) is 21.3 Å². The van der Waals surface area contributed by atoms with Crippen LogP contribution in [-0.2, 0) is 26.3 Å². The topological polar surface area (TPSA) is 71.1 Å². The molecule has 206 valence electrons. The number of ketones is 2. The molecule has 2 aromatic carbocycles. The largest absolute Gasteiger partial charge is 0.496 e. The molecule has 0 amide bonds. The van der Waals surface area contributed by atoms with Gasteiger partial charge in [0.25, 0.3) is 0 Å². The zero-order valence-electron chi connectivity index (χ0n) is 23.8. The van der Waals surface area contributed by atoms with Gasteiger partial charge >= 0.3 is 0 Å². The Hall–Kier alpha value is -3.74. The quantitative estimate of drug-likeness (QED) is 0.244. The van der Waals surface area contributed by atoms with E-state index in [1.807, 2.05) is 36.4 Å². The SMILES string of the molecule is COc1cc(OCc2ccccc2)c2c3c1C1(C=C3C3=C(C(=O)C=CC3(OC)OC)C2=O)C(C)=CCCC1(C)C. The lowest BCUT2D eigenvalue weighted by Gasteiger charge is -2.48. The molecule has 1 atom stereocenters. The molecule has 2 aromatic rings. The summed E-state index contributed by atoms with van der Waals surface area (Å²) in [5, 5.41) is 0. The summed E-state index contributed by atoms with van der Waals surface area (Å²) in [6.07, 6.45) is 9.35. The van der Waals surface area contributed by atoms with Gasteiger partial charge < -0.3 is 18.9 Å². The molecular weight excluding hydrogens is 504 g/mol. The van der Waals surface area contributed by atoms with E-state index < -0.39 is 17.0 Å². The molecule has 6 rings (SSSR count). The molecule has 0 radical (unpaired) electrons. The van der Waals surface area contributed by atoms with Crippen molar-refractivity contribution >= 4 is 17.1 Å². The molecule has 0 saturated heterocycles. The first kappa shape index (κ1) is 26.5. The molecule has 0 aliphatic heterocycles. The fraction of sp³-hybridized carbons (Fsp3) is 0.353. The first-order chi connectivity index (χ1) is 19.2. The molecule has 6 nitrogen and oxygen atoms in total. The van der Waals surface area contributed by atoms with E-state index in [0.29, 0.717) is 22.6 Å². The minimum absolute atomic E-state index is 0.0536. The molecule has 6 heteroatoms. The molecule has 1 spiro atoms. The lowest BCUT2D eigenvalue weighted by atomic mass is 9.55. The Kier molecular flexibility index (Phi) is 6.06. The number of hydrogen-bond donors (Lipinski definition) is 0. The summed E-state index contributed by atoms with van der Waals surface area (Å²) in [6.45, 7) is 6.92. The smallest absolute Gasteiger partial charge is 0.216 e. The number of allylic oxidation sites excluding steroid dienone is 5. The van der Waals surface area contributed by atoms with Crippen molar-refractivity contribution in [1.82, 2.24) is 0 Å². The zero-order chi connectivity index (χ0) is 28.4. The Labute approximate surface area is 235 Å². The van der Waals surface area contributed by atoms with Crippen molar-refractivity contribution in [3.05, 3.63) is 99.7 Å². The van der Waals surface area contributed by atoms with Gasteiger partial charge in [0.2, 0.25) is 11.6 Å². The first-order valence-corrected chi connectivity index (χ1v) is 13.6. The van der Waals surface area contributed by atoms with E-state index in [4.69, 9.17) is 18.9 Å². The van der Waals surface area contributed by atoms with Crippen LogP contribution in [0.25, 0.3) is 5.57 Å². The van der Waals surface area contributed by atoms with Crippen LogP contribution < -0.4 is 9.47 Å². The van der Waals surface area contributed by atoms with Crippen molar-refractivity contribution < 1.29 is 28.5 Å². The van der Waals surface area contributed by atoms with Crippen LogP contribution in [0, 0.1) is 5.41 Å². The third-order valence-corrected chi connectivity index (χ3v) is 9.27. The number of carbonyl (C=O) groups excluding carboxylic acids is 2. The fourth-order valence-electron chi connectivity index (χ4n) is 7.22. The standard InChI is InChI=1S/C34H34O6/c1-20-11-10-15-32(2,3)33(20)18-22-26-28(31(36)27-23(35)14-16-34(38-5,39-6)29(22)27)24(17-25(37-4)30(26)33)40-19-21-12-8-7-9-13-21/h7-9,11-14,16-18H,10,15,19H2,1-6H3. The van der Waals surface area contributed by atoms with Gasteiger partial charge in [-0.3, -0.25) is 9.59 Å². The predicted octanol–water partition coefficient (Wildman–Crippen LogP) is 6.30. The van der Waals surface area contributed by atoms with Gasteiger partial charge in [-0.25, -0.2) is 0 Å². The van der Waals surface area contributed by atoms with Crippen LogP contribution >= 0.6 is 0 Å². The number of fused-ring (bicyclic) bond motifs is 2. The van der Waals surface area contributed by atoms with E-state index in [-0.39, 0.29) is 23.4 Å². The van der Waals surface area contributed by atoms with Crippen LogP contribution in [0.5, 0.6) is 11.5 Å². The average Bonchev–Trinajstić information content (AvgIpc) is 3.32. The highest BCUT2D eigenvalue weighted by atomic mass is 16.7. The van der Waals surface area contributed by atoms with E-state index in [9.17, 15) is 9.59 Å². The molecule has 0 fully saturated rings. The second-order valence-electron chi connectivity index (χ2n) is 11.5. The molecule has 40 heavy (non-hydrogen) atoms. The fourth-order valence-corrected chi connectivity index (χ4v) is 7.22. The summed E-state index contributed by atoms with van der Waals surface area (Å²) in [6, 6.07) is 11.6. The van der Waals surface area contributed by atoms with E-state index in [1.54, 1.807) is 13.2 Å². The summed E-state index contributed by atoms with van der Waals surface area (Å²) in [5.74, 6) is -1.13. The van der Waals surface area contributed by atoms with Gasteiger partial charge in [0.05, 0.1) is 18.2 Å². The number of Topliss-reactive ketones (excluding diaryl/α,β-unsaturated/α-hetero) is 1. The van der Waals surface area contributed by atoms with Crippen molar-refractivity contribution in [1.29, 1.82) is 0 Å². The third-order valence-electron chi connectivity index (χ3n) is 9.27. The minimum atomic E-state index is -1.39. The van der Waals surface area contributed by atoms with Crippen molar-refractivity contribution in [3.8, 4) is 11.5 Å². The van der Waals surface area contributed by atoms with Crippen LogP contribution in [0.2, 0.25) is 0 Å². The lowest BCUT2D eigenvalue weighted by Crippen LogP contribution is -2.43. The summed E-state index contributed by atoms with van der Waals surface area (Å²) < 4.78 is 24.3. The highest BCUT2D eigenvalue weighted by Crippen LogP contribution is 2.65. The number of methoxy groups -OCH3 is 3. The summed E-state index contributed by atoms with van der Waals surface area (Å²) >= 11 is 0. The van der Waals surface area contributed by atoms with Crippen molar-refractivity contribution in [2.24, 2.45) is 5.41 Å². The Balaban J connectivity index is 1.70. The number of hydrogen-bond acceptors (Lipinski definition) is 6. The molecule has 0 N–H and O–H groups in total. The monoisotopic (exact) mass is 538 g/mol. The van der Waals surface area contributed by atoms with E-state index in [0.717, 1.165) is 35.1 Å². The second kappa shape index (κ2) is 9.15.